The van der Waals surface area contributed by atoms with E-state index in [0.717, 1.165) is 33.9 Å². The Morgan fingerprint density at radius 1 is 1.40 bits per heavy atom. The van der Waals surface area contributed by atoms with Crippen molar-refractivity contribution >= 4 is 33.0 Å². The molecule has 0 aliphatic rings. The first kappa shape index (κ1) is 15.5. The summed E-state index contributed by atoms with van der Waals surface area (Å²) in [5, 5.41) is 3.84. The Morgan fingerprint density at radius 2 is 2.10 bits per heavy atom. The predicted molar refractivity (Wildman–Crippen MR) is 78.9 cm³/mol. The summed E-state index contributed by atoms with van der Waals surface area (Å²) in [6.45, 7) is 5.72. The van der Waals surface area contributed by atoms with E-state index < -0.39 is 10.0 Å². The zero-order valence-electron chi connectivity index (χ0n) is 11.4. The third-order valence-electron chi connectivity index (χ3n) is 2.95. The quantitative estimate of drug-likeness (QED) is 0.912. The van der Waals surface area contributed by atoms with Gasteiger partial charge in [-0.2, -0.15) is 0 Å². The SMILES string of the molecule is Cc1cc(S(=O)(=O)NCCc2c(C)noc2C)sc1Cl. The molecule has 20 heavy (non-hydrogen) atoms. The third-order valence-corrected chi connectivity index (χ3v) is 6.44. The average Bonchev–Trinajstić information content (AvgIpc) is 2.87. The molecule has 0 bridgehead atoms. The number of sulfonamides is 1. The molecule has 1 N–H and O–H groups in total. The molecular formula is C12H15ClN2O3S2. The number of aromatic nitrogens is 1. The van der Waals surface area contributed by atoms with Crippen LogP contribution in [0.25, 0.3) is 0 Å². The molecule has 0 fully saturated rings. The van der Waals surface area contributed by atoms with E-state index in [1.54, 1.807) is 13.0 Å². The molecule has 0 radical (unpaired) electrons. The van der Waals surface area contributed by atoms with Crippen LogP contribution >= 0.6 is 22.9 Å². The smallest absolute Gasteiger partial charge is 0.250 e. The van der Waals surface area contributed by atoms with Crippen LogP contribution < -0.4 is 4.72 Å². The van der Waals surface area contributed by atoms with Crippen LogP contribution in [-0.4, -0.2) is 20.1 Å². The molecule has 0 aliphatic carbocycles. The van der Waals surface area contributed by atoms with Crippen LogP contribution in [0.2, 0.25) is 4.34 Å². The summed E-state index contributed by atoms with van der Waals surface area (Å²) in [5.74, 6) is 0.719. The first-order valence-electron chi connectivity index (χ1n) is 5.98. The van der Waals surface area contributed by atoms with Crippen molar-refractivity contribution in [1.82, 2.24) is 9.88 Å². The maximum absolute atomic E-state index is 12.1. The topological polar surface area (TPSA) is 72.2 Å². The molecule has 2 aromatic rings. The lowest BCUT2D eigenvalue weighted by molar-refractivity contribution is 0.392. The molecule has 110 valence electrons. The highest BCUT2D eigenvalue weighted by Crippen LogP contribution is 2.29. The summed E-state index contributed by atoms with van der Waals surface area (Å²) in [4.78, 5) is 0. The van der Waals surface area contributed by atoms with Crippen molar-refractivity contribution in [1.29, 1.82) is 0 Å². The molecule has 0 spiro atoms. The monoisotopic (exact) mass is 334 g/mol. The van der Waals surface area contributed by atoms with Gasteiger partial charge in [-0.15, -0.1) is 11.3 Å². The highest BCUT2D eigenvalue weighted by Gasteiger charge is 2.18. The molecule has 0 aromatic carbocycles. The van der Waals surface area contributed by atoms with Crippen molar-refractivity contribution in [2.45, 2.75) is 31.4 Å². The number of hydrogen-bond acceptors (Lipinski definition) is 5. The second kappa shape index (κ2) is 5.85. The number of halogens is 1. The number of nitrogens with one attached hydrogen (secondary N) is 1. The summed E-state index contributed by atoms with van der Waals surface area (Å²) in [5.41, 5.74) is 2.49. The zero-order chi connectivity index (χ0) is 14.9. The Bertz CT molecular complexity index is 680. The van der Waals surface area contributed by atoms with E-state index in [0.29, 0.717) is 17.3 Å². The second-order valence-electron chi connectivity index (χ2n) is 4.47. The van der Waals surface area contributed by atoms with Gasteiger partial charge in [-0.3, -0.25) is 0 Å². The first-order valence-corrected chi connectivity index (χ1v) is 8.66. The van der Waals surface area contributed by atoms with Gasteiger partial charge in [0.25, 0.3) is 0 Å². The fourth-order valence-corrected chi connectivity index (χ4v) is 4.59. The Hall–Kier alpha value is -0.890. The van der Waals surface area contributed by atoms with Gasteiger partial charge >= 0.3 is 0 Å². The van der Waals surface area contributed by atoms with E-state index in [2.05, 4.69) is 9.88 Å². The zero-order valence-corrected chi connectivity index (χ0v) is 13.7. The lowest BCUT2D eigenvalue weighted by Crippen LogP contribution is -2.25. The number of nitrogens with zero attached hydrogens (tertiary/aromatic N) is 1. The van der Waals surface area contributed by atoms with Crippen LogP contribution in [0.4, 0.5) is 0 Å². The molecule has 0 atom stereocenters. The molecule has 2 heterocycles. The first-order chi connectivity index (χ1) is 9.31. The Balaban J connectivity index is 2.03. The molecule has 0 unspecified atom stereocenters. The fraction of sp³-hybridized carbons (Fsp3) is 0.417. The van der Waals surface area contributed by atoms with Gasteiger partial charge in [0.05, 0.1) is 10.0 Å². The van der Waals surface area contributed by atoms with E-state index in [1.165, 1.54) is 0 Å². The fourth-order valence-electron chi connectivity index (χ4n) is 1.80. The number of rotatable bonds is 5. The van der Waals surface area contributed by atoms with Gasteiger partial charge in [-0.1, -0.05) is 16.8 Å². The van der Waals surface area contributed by atoms with Crippen molar-refractivity contribution in [2.75, 3.05) is 6.54 Å². The van der Waals surface area contributed by atoms with Crippen LogP contribution in [0, 0.1) is 20.8 Å². The number of thiophene rings is 1. The molecule has 0 saturated heterocycles. The van der Waals surface area contributed by atoms with Gasteiger partial charge in [0.15, 0.2) is 0 Å². The maximum atomic E-state index is 12.1. The minimum atomic E-state index is -3.51. The predicted octanol–water partition coefficient (Wildman–Crippen LogP) is 2.84. The van der Waals surface area contributed by atoms with Gasteiger partial charge in [0.2, 0.25) is 10.0 Å². The summed E-state index contributed by atoms with van der Waals surface area (Å²) in [6, 6.07) is 1.57. The van der Waals surface area contributed by atoms with Crippen LogP contribution in [0.15, 0.2) is 14.8 Å². The highest BCUT2D eigenvalue weighted by molar-refractivity contribution is 7.91. The summed E-state index contributed by atoms with van der Waals surface area (Å²) >= 11 is 6.96. The second-order valence-corrected chi connectivity index (χ2v) is 8.12. The molecule has 2 rings (SSSR count). The molecular weight excluding hydrogens is 320 g/mol. The van der Waals surface area contributed by atoms with Gasteiger partial charge in [-0.25, -0.2) is 13.1 Å². The average molecular weight is 335 g/mol. The Labute approximate surface area is 127 Å². The van der Waals surface area contributed by atoms with Gasteiger partial charge in [0.1, 0.15) is 9.97 Å². The molecule has 8 heteroatoms. The molecule has 2 aromatic heterocycles. The van der Waals surface area contributed by atoms with E-state index in [4.69, 9.17) is 16.1 Å². The van der Waals surface area contributed by atoms with E-state index in [-0.39, 0.29) is 4.21 Å². The van der Waals surface area contributed by atoms with Crippen molar-refractivity contribution in [2.24, 2.45) is 0 Å². The van der Waals surface area contributed by atoms with Crippen molar-refractivity contribution in [3.8, 4) is 0 Å². The van der Waals surface area contributed by atoms with Crippen molar-refractivity contribution < 1.29 is 12.9 Å². The minimum absolute atomic E-state index is 0.235. The Morgan fingerprint density at radius 3 is 2.60 bits per heavy atom. The van der Waals surface area contributed by atoms with E-state index in [1.807, 2.05) is 13.8 Å². The molecule has 5 nitrogen and oxygen atoms in total. The van der Waals surface area contributed by atoms with Crippen molar-refractivity contribution in [3.05, 3.63) is 33.0 Å². The van der Waals surface area contributed by atoms with Gasteiger partial charge in [-0.05, 0) is 38.8 Å². The van der Waals surface area contributed by atoms with Gasteiger partial charge in [0, 0.05) is 12.1 Å². The standard InChI is InChI=1S/C12H15ClN2O3S2/c1-7-6-11(19-12(7)13)20(16,17)14-5-4-10-8(2)15-18-9(10)3/h6,14H,4-5H2,1-3H3. The normalized spacial score (nSPS) is 12.0. The summed E-state index contributed by atoms with van der Waals surface area (Å²) < 4.78 is 32.5. The van der Waals surface area contributed by atoms with E-state index >= 15 is 0 Å². The summed E-state index contributed by atoms with van der Waals surface area (Å²) in [7, 11) is -3.51. The highest BCUT2D eigenvalue weighted by atomic mass is 35.5. The number of hydrogen-bond donors (Lipinski definition) is 1. The third kappa shape index (κ3) is 3.22. The molecule has 0 aliphatic heterocycles. The minimum Gasteiger partial charge on any atom is -0.361 e. The largest absolute Gasteiger partial charge is 0.361 e. The van der Waals surface area contributed by atoms with Crippen LogP contribution in [0.1, 0.15) is 22.6 Å². The van der Waals surface area contributed by atoms with Crippen LogP contribution in [-0.2, 0) is 16.4 Å². The number of aryl methyl sites for hydroxylation is 3. The van der Waals surface area contributed by atoms with Crippen LogP contribution in [0.3, 0.4) is 0 Å². The Kier molecular flexibility index (Phi) is 4.53. The van der Waals surface area contributed by atoms with E-state index in [9.17, 15) is 8.42 Å². The molecule has 0 amide bonds. The lowest BCUT2D eigenvalue weighted by atomic mass is 10.1. The summed E-state index contributed by atoms with van der Waals surface area (Å²) in [6.07, 6.45) is 0.540. The maximum Gasteiger partial charge on any atom is 0.250 e. The molecule has 0 saturated carbocycles. The van der Waals surface area contributed by atoms with Gasteiger partial charge < -0.3 is 4.52 Å². The van der Waals surface area contributed by atoms with Crippen molar-refractivity contribution in [3.63, 3.8) is 0 Å². The van der Waals surface area contributed by atoms with Crippen LogP contribution in [0.5, 0.6) is 0 Å². The lowest BCUT2D eigenvalue weighted by Gasteiger charge is -2.04.